The predicted octanol–water partition coefficient (Wildman–Crippen LogP) is 2.16. The van der Waals surface area contributed by atoms with Crippen LogP contribution in [-0.4, -0.2) is 30.8 Å². The minimum atomic E-state index is -0.831. The highest BCUT2D eigenvalue weighted by Gasteiger charge is 2.38. The maximum Gasteiger partial charge on any atom is 0.328 e. The second-order valence-electron chi connectivity index (χ2n) is 6.36. The first-order chi connectivity index (χ1) is 11.4. The summed E-state index contributed by atoms with van der Waals surface area (Å²) in [5, 5.41) is 2.73. The molecule has 130 valence electrons. The Labute approximate surface area is 142 Å². The van der Waals surface area contributed by atoms with Gasteiger partial charge in [0, 0.05) is 6.42 Å². The smallest absolute Gasteiger partial charge is 0.328 e. The van der Waals surface area contributed by atoms with Crippen LogP contribution < -0.4 is 5.32 Å². The number of fused-ring (bicyclic) bond motifs is 1. The number of Topliss-reactive ketones (excluding diaryl/α,β-unsaturated/α-hetero) is 1. The van der Waals surface area contributed by atoms with Crippen molar-refractivity contribution in [1.82, 2.24) is 5.32 Å². The number of aryl methyl sites for hydroxylation is 1. The summed E-state index contributed by atoms with van der Waals surface area (Å²) in [4.78, 5) is 37.1. The van der Waals surface area contributed by atoms with Gasteiger partial charge in [0.15, 0.2) is 5.78 Å². The van der Waals surface area contributed by atoms with Crippen LogP contribution in [0.2, 0.25) is 0 Å². The number of ether oxygens (including phenoxy) is 1. The number of benzene rings is 1. The van der Waals surface area contributed by atoms with Crippen LogP contribution in [0.5, 0.6) is 0 Å². The molecule has 0 spiro atoms. The molecule has 0 heterocycles. The molecule has 0 aliphatic heterocycles. The molecular weight excluding hydrogens is 306 g/mol. The first-order valence-corrected chi connectivity index (χ1v) is 8.45. The van der Waals surface area contributed by atoms with Crippen LogP contribution in [0.3, 0.4) is 0 Å². The minimum Gasteiger partial charge on any atom is -0.467 e. The molecular formula is C19H25NO4. The normalized spacial score (nSPS) is 18.7. The second-order valence-corrected chi connectivity index (χ2v) is 6.36. The zero-order chi connectivity index (χ0) is 17.9. The number of hydrogen-bond acceptors (Lipinski definition) is 4. The van der Waals surface area contributed by atoms with Crippen molar-refractivity contribution in [1.29, 1.82) is 0 Å². The quantitative estimate of drug-likeness (QED) is 0.640. The van der Waals surface area contributed by atoms with E-state index in [-0.39, 0.29) is 18.1 Å². The Hall–Kier alpha value is -2.17. The van der Waals surface area contributed by atoms with Crippen molar-refractivity contribution in [3.8, 4) is 0 Å². The highest BCUT2D eigenvalue weighted by Crippen LogP contribution is 2.32. The Kier molecular flexibility index (Phi) is 5.75. The van der Waals surface area contributed by atoms with E-state index in [0.717, 1.165) is 29.5 Å². The van der Waals surface area contributed by atoms with Crippen molar-refractivity contribution in [2.75, 3.05) is 7.11 Å². The van der Waals surface area contributed by atoms with E-state index in [1.165, 1.54) is 7.11 Å². The minimum absolute atomic E-state index is 0.0700. The van der Waals surface area contributed by atoms with Gasteiger partial charge in [0.1, 0.15) is 12.0 Å². The molecule has 2 rings (SSSR count). The molecule has 1 aliphatic rings. The van der Waals surface area contributed by atoms with Gasteiger partial charge >= 0.3 is 5.97 Å². The van der Waals surface area contributed by atoms with Gasteiger partial charge in [-0.2, -0.15) is 0 Å². The SMILES string of the molecule is CCc1ccc2c(c1)C(C(=O)N[C@H](C(=O)OC)[C@@H](C)CC)C(=O)C2. The van der Waals surface area contributed by atoms with Crippen LogP contribution in [-0.2, 0) is 32.0 Å². The van der Waals surface area contributed by atoms with Crippen molar-refractivity contribution in [2.45, 2.75) is 52.0 Å². The average molecular weight is 331 g/mol. The predicted molar refractivity (Wildman–Crippen MR) is 90.7 cm³/mol. The summed E-state index contributed by atoms with van der Waals surface area (Å²) in [5.41, 5.74) is 2.76. The number of carbonyl (C=O) groups is 3. The van der Waals surface area contributed by atoms with Crippen LogP contribution in [0.4, 0.5) is 0 Å². The molecule has 3 atom stereocenters. The van der Waals surface area contributed by atoms with Gasteiger partial charge in [-0.05, 0) is 29.0 Å². The number of ketones is 1. The molecule has 0 bridgehead atoms. The lowest BCUT2D eigenvalue weighted by atomic mass is 9.94. The Morgan fingerprint density at radius 2 is 2.04 bits per heavy atom. The standard InChI is InChI=1S/C19H25NO4/c1-5-11(3)17(19(23)24-4)20-18(22)16-14-9-12(6-2)7-8-13(14)10-15(16)21/h7-9,11,16-17H,5-6,10H2,1-4H3,(H,20,22)/t11-,16?,17-/m0/s1. The topological polar surface area (TPSA) is 72.5 Å². The third kappa shape index (κ3) is 3.50. The second kappa shape index (κ2) is 7.60. The third-order valence-corrected chi connectivity index (χ3v) is 4.84. The van der Waals surface area contributed by atoms with Gasteiger partial charge in [-0.1, -0.05) is 45.4 Å². The zero-order valence-corrected chi connectivity index (χ0v) is 14.7. The lowest BCUT2D eigenvalue weighted by Crippen LogP contribution is -2.48. The summed E-state index contributed by atoms with van der Waals surface area (Å²) in [7, 11) is 1.30. The summed E-state index contributed by atoms with van der Waals surface area (Å²) in [5.74, 6) is -1.92. The van der Waals surface area contributed by atoms with Crippen molar-refractivity contribution in [2.24, 2.45) is 5.92 Å². The molecule has 1 N–H and O–H groups in total. The Morgan fingerprint density at radius 1 is 1.33 bits per heavy atom. The van der Waals surface area contributed by atoms with Gasteiger partial charge in [-0.15, -0.1) is 0 Å². The number of methoxy groups -OCH3 is 1. The number of nitrogens with one attached hydrogen (secondary N) is 1. The van der Waals surface area contributed by atoms with E-state index in [1.807, 2.05) is 39.0 Å². The molecule has 0 radical (unpaired) electrons. The lowest BCUT2D eigenvalue weighted by molar-refractivity contribution is -0.147. The van der Waals surface area contributed by atoms with Crippen LogP contribution >= 0.6 is 0 Å². The van der Waals surface area contributed by atoms with Gasteiger partial charge in [-0.25, -0.2) is 4.79 Å². The highest BCUT2D eigenvalue weighted by molar-refractivity contribution is 6.11. The van der Waals surface area contributed by atoms with Crippen LogP contribution in [0.1, 0.15) is 49.8 Å². The van der Waals surface area contributed by atoms with E-state index in [2.05, 4.69) is 5.32 Å². The number of esters is 1. The first kappa shape index (κ1) is 18.2. The van der Waals surface area contributed by atoms with Gasteiger partial charge in [-0.3, -0.25) is 9.59 Å². The van der Waals surface area contributed by atoms with E-state index < -0.39 is 23.8 Å². The largest absolute Gasteiger partial charge is 0.467 e. The monoisotopic (exact) mass is 331 g/mol. The van der Waals surface area contributed by atoms with E-state index in [9.17, 15) is 14.4 Å². The zero-order valence-electron chi connectivity index (χ0n) is 14.7. The maximum atomic E-state index is 12.7. The van der Waals surface area contributed by atoms with Gasteiger partial charge < -0.3 is 10.1 Å². The molecule has 24 heavy (non-hydrogen) atoms. The Balaban J connectivity index is 2.26. The van der Waals surface area contributed by atoms with Crippen LogP contribution in [0.25, 0.3) is 0 Å². The number of amides is 1. The molecule has 1 aromatic carbocycles. The van der Waals surface area contributed by atoms with Crippen molar-refractivity contribution in [3.63, 3.8) is 0 Å². The summed E-state index contributed by atoms with van der Waals surface area (Å²) in [6, 6.07) is 5.11. The van der Waals surface area contributed by atoms with Gasteiger partial charge in [0.2, 0.25) is 5.91 Å². The third-order valence-electron chi connectivity index (χ3n) is 4.84. The fourth-order valence-electron chi connectivity index (χ4n) is 3.08. The summed E-state index contributed by atoms with van der Waals surface area (Å²) < 4.78 is 4.79. The summed E-state index contributed by atoms with van der Waals surface area (Å²) in [6.45, 7) is 5.85. The molecule has 1 aliphatic carbocycles. The molecule has 0 saturated heterocycles. The number of hydrogen-bond donors (Lipinski definition) is 1. The molecule has 1 unspecified atom stereocenters. The fourth-order valence-corrected chi connectivity index (χ4v) is 3.08. The van der Waals surface area contributed by atoms with Crippen LogP contribution in [0, 0.1) is 5.92 Å². The van der Waals surface area contributed by atoms with Crippen molar-refractivity contribution in [3.05, 3.63) is 34.9 Å². The first-order valence-electron chi connectivity index (χ1n) is 8.45. The molecule has 0 fully saturated rings. The number of carbonyl (C=O) groups excluding carboxylic acids is 3. The molecule has 5 nitrogen and oxygen atoms in total. The van der Waals surface area contributed by atoms with Crippen LogP contribution in [0.15, 0.2) is 18.2 Å². The molecule has 0 aromatic heterocycles. The fraction of sp³-hybridized carbons (Fsp3) is 0.526. The van der Waals surface area contributed by atoms with Crippen molar-refractivity contribution < 1.29 is 19.1 Å². The van der Waals surface area contributed by atoms with E-state index in [0.29, 0.717) is 0 Å². The lowest BCUT2D eigenvalue weighted by Gasteiger charge is -2.23. The molecule has 1 aromatic rings. The Bertz CT molecular complexity index is 653. The molecule has 0 saturated carbocycles. The average Bonchev–Trinajstić information content (AvgIpc) is 2.92. The highest BCUT2D eigenvalue weighted by atomic mass is 16.5. The number of rotatable bonds is 6. The van der Waals surface area contributed by atoms with E-state index in [1.54, 1.807) is 0 Å². The van der Waals surface area contributed by atoms with Gasteiger partial charge in [0.25, 0.3) is 0 Å². The molecule has 1 amide bonds. The summed E-state index contributed by atoms with van der Waals surface area (Å²) >= 11 is 0. The van der Waals surface area contributed by atoms with Gasteiger partial charge in [0.05, 0.1) is 7.11 Å². The van der Waals surface area contributed by atoms with Crippen molar-refractivity contribution >= 4 is 17.7 Å². The maximum absolute atomic E-state index is 12.7. The van der Waals surface area contributed by atoms with E-state index >= 15 is 0 Å². The summed E-state index contributed by atoms with van der Waals surface area (Å²) in [6.07, 6.45) is 1.83. The Morgan fingerprint density at radius 3 is 2.62 bits per heavy atom. The van der Waals surface area contributed by atoms with E-state index in [4.69, 9.17) is 4.74 Å². The molecule has 5 heteroatoms.